The van der Waals surface area contributed by atoms with E-state index in [1.54, 1.807) is 11.3 Å². The highest BCUT2D eigenvalue weighted by molar-refractivity contribution is 9.11. The van der Waals surface area contributed by atoms with Gasteiger partial charge >= 0.3 is 17.8 Å². The van der Waals surface area contributed by atoms with E-state index in [4.69, 9.17) is 0 Å². The van der Waals surface area contributed by atoms with Crippen LogP contribution in [0.15, 0.2) is 28.6 Å². The molecule has 5 nitrogen and oxygen atoms in total. The number of carbonyl (C=O) groups excluding carboxylic acids is 3. The lowest BCUT2D eigenvalue weighted by Crippen LogP contribution is -2.35. The Balaban J connectivity index is 2.05. The molecule has 1 aliphatic heterocycles. The van der Waals surface area contributed by atoms with E-state index in [9.17, 15) is 14.4 Å². The van der Waals surface area contributed by atoms with Gasteiger partial charge in [0.25, 0.3) is 0 Å². The van der Waals surface area contributed by atoms with Gasteiger partial charge in [-0.2, -0.15) is 0 Å². The maximum atomic E-state index is 12.0. The lowest BCUT2D eigenvalue weighted by atomic mass is 10.3. The summed E-state index contributed by atoms with van der Waals surface area (Å²) in [5.74, 6) is -1.56. The van der Waals surface area contributed by atoms with E-state index in [2.05, 4.69) is 22.5 Å². The Labute approximate surface area is 122 Å². The van der Waals surface area contributed by atoms with Gasteiger partial charge < -0.3 is 0 Å². The number of halogens is 1. The summed E-state index contributed by atoms with van der Waals surface area (Å²) in [6.07, 6.45) is 0.561. The Morgan fingerprint density at radius 1 is 1.26 bits per heavy atom. The van der Waals surface area contributed by atoms with E-state index in [0.29, 0.717) is 10.9 Å². The highest BCUT2D eigenvalue weighted by Gasteiger charge is 2.43. The summed E-state index contributed by atoms with van der Waals surface area (Å²) in [5, 5.41) is 1.93. The molecule has 0 bridgehead atoms. The minimum atomic E-state index is -0.795. The summed E-state index contributed by atoms with van der Waals surface area (Å²) < 4.78 is 0.474. The van der Waals surface area contributed by atoms with Crippen LogP contribution in [-0.4, -0.2) is 40.7 Å². The number of rotatable bonds is 5. The standard InChI is InChI=1S/C12H11BrN2O3S/c1-8(13)7-15-11(17)10(16)14(12(15)18)5-4-9-3-2-6-19-9/h2-3,6H,1,4-5,7H2. The van der Waals surface area contributed by atoms with Crippen LogP contribution in [0.25, 0.3) is 0 Å². The number of nitrogens with zero attached hydrogens (tertiary/aromatic N) is 2. The molecule has 0 unspecified atom stereocenters. The van der Waals surface area contributed by atoms with Crippen molar-refractivity contribution in [1.82, 2.24) is 9.80 Å². The zero-order valence-electron chi connectivity index (χ0n) is 9.97. The van der Waals surface area contributed by atoms with E-state index < -0.39 is 17.8 Å². The van der Waals surface area contributed by atoms with Crippen molar-refractivity contribution in [2.24, 2.45) is 0 Å². The number of imide groups is 2. The van der Waals surface area contributed by atoms with Crippen LogP contribution in [0.2, 0.25) is 0 Å². The molecule has 0 atom stereocenters. The first-order valence-corrected chi connectivity index (χ1v) is 7.21. The average molecular weight is 343 g/mol. The van der Waals surface area contributed by atoms with E-state index in [1.165, 1.54) is 0 Å². The van der Waals surface area contributed by atoms with Gasteiger partial charge in [0.2, 0.25) is 0 Å². The van der Waals surface area contributed by atoms with Crippen LogP contribution in [-0.2, 0) is 16.0 Å². The quantitative estimate of drug-likeness (QED) is 0.607. The predicted molar refractivity (Wildman–Crippen MR) is 74.9 cm³/mol. The fourth-order valence-electron chi connectivity index (χ4n) is 1.74. The largest absolute Gasteiger partial charge is 0.334 e. The Morgan fingerprint density at radius 3 is 2.53 bits per heavy atom. The number of hydrogen-bond donors (Lipinski definition) is 0. The molecule has 4 amide bonds. The highest BCUT2D eigenvalue weighted by atomic mass is 79.9. The molecule has 2 heterocycles. The molecule has 0 radical (unpaired) electrons. The monoisotopic (exact) mass is 342 g/mol. The SMILES string of the molecule is C=C(Br)CN1C(=O)C(=O)N(CCc2cccs2)C1=O. The lowest BCUT2D eigenvalue weighted by Gasteiger charge is -2.14. The normalized spacial score (nSPS) is 15.5. The van der Waals surface area contributed by atoms with Gasteiger partial charge in [-0.3, -0.25) is 19.4 Å². The molecule has 0 spiro atoms. The molecule has 1 aliphatic rings. The van der Waals surface area contributed by atoms with Gasteiger partial charge in [-0.15, -0.1) is 11.3 Å². The van der Waals surface area contributed by atoms with Gasteiger partial charge in [0.1, 0.15) is 0 Å². The Kier molecular flexibility index (Phi) is 4.16. The van der Waals surface area contributed by atoms with E-state index >= 15 is 0 Å². The molecule has 1 aromatic heterocycles. The third-order valence-corrected chi connectivity index (χ3v) is 3.81. The van der Waals surface area contributed by atoms with Gasteiger partial charge in [0.05, 0.1) is 6.54 Å². The second-order valence-corrected chi connectivity index (χ2v) is 6.13. The highest BCUT2D eigenvalue weighted by Crippen LogP contribution is 2.17. The molecular weight excluding hydrogens is 332 g/mol. The van der Waals surface area contributed by atoms with Crippen LogP contribution in [0.1, 0.15) is 4.88 Å². The summed E-state index contributed by atoms with van der Waals surface area (Å²) >= 11 is 4.63. The second kappa shape index (κ2) is 5.66. The fraction of sp³-hybridized carbons (Fsp3) is 0.250. The molecule has 1 aromatic rings. The fourth-order valence-corrected chi connectivity index (χ4v) is 2.68. The minimum Gasteiger partial charge on any atom is -0.263 e. The smallest absolute Gasteiger partial charge is 0.263 e. The Hall–Kier alpha value is -1.47. The van der Waals surface area contributed by atoms with Crippen LogP contribution < -0.4 is 0 Å². The number of urea groups is 1. The molecule has 1 saturated heterocycles. The second-order valence-electron chi connectivity index (χ2n) is 3.98. The van der Waals surface area contributed by atoms with Gasteiger partial charge in [-0.05, 0) is 11.4 Å². The summed E-state index contributed by atoms with van der Waals surface area (Å²) in [5.41, 5.74) is 0. The van der Waals surface area contributed by atoms with Crippen LogP contribution in [0.5, 0.6) is 0 Å². The lowest BCUT2D eigenvalue weighted by molar-refractivity contribution is -0.143. The zero-order chi connectivity index (χ0) is 14.0. The van der Waals surface area contributed by atoms with Crippen molar-refractivity contribution in [2.45, 2.75) is 6.42 Å². The van der Waals surface area contributed by atoms with Crippen LogP contribution in [0.3, 0.4) is 0 Å². The average Bonchev–Trinajstić information content (AvgIpc) is 2.92. The van der Waals surface area contributed by atoms with Gasteiger partial charge in [-0.25, -0.2) is 4.79 Å². The van der Waals surface area contributed by atoms with E-state index in [1.807, 2.05) is 17.5 Å². The summed E-state index contributed by atoms with van der Waals surface area (Å²) in [6, 6.07) is 3.25. The summed E-state index contributed by atoms with van der Waals surface area (Å²) in [4.78, 5) is 38.3. The predicted octanol–water partition coefficient (Wildman–Crippen LogP) is 1.99. The molecule has 7 heteroatoms. The Bertz CT molecular complexity index is 541. The van der Waals surface area contributed by atoms with Crippen molar-refractivity contribution >= 4 is 45.1 Å². The number of thiophene rings is 1. The molecule has 0 aliphatic carbocycles. The summed E-state index contributed by atoms with van der Waals surface area (Å²) in [6.45, 7) is 3.80. The zero-order valence-corrected chi connectivity index (χ0v) is 12.4. The van der Waals surface area contributed by atoms with Gasteiger partial charge in [0.15, 0.2) is 0 Å². The molecule has 0 aromatic carbocycles. The first-order valence-electron chi connectivity index (χ1n) is 5.53. The van der Waals surface area contributed by atoms with E-state index in [-0.39, 0.29) is 13.1 Å². The molecular formula is C12H11BrN2O3S. The molecule has 2 rings (SSSR count). The number of carbonyl (C=O) groups is 3. The molecule has 0 saturated carbocycles. The van der Waals surface area contributed by atoms with Crippen molar-refractivity contribution in [3.05, 3.63) is 33.5 Å². The number of hydrogen-bond acceptors (Lipinski definition) is 4. The van der Waals surface area contributed by atoms with Gasteiger partial charge in [0, 0.05) is 22.3 Å². The third kappa shape index (κ3) is 2.93. The molecule has 1 fully saturated rings. The number of amides is 4. The molecule has 0 N–H and O–H groups in total. The minimum absolute atomic E-state index is 0.0128. The molecule has 100 valence electrons. The van der Waals surface area contributed by atoms with Crippen molar-refractivity contribution in [3.8, 4) is 0 Å². The van der Waals surface area contributed by atoms with Crippen LogP contribution in [0, 0.1) is 0 Å². The first-order chi connectivity index (χ1) is 9.00. The first kappa shape index (κ1) is 14.0. The van der Waals surface area contributed by atoms with Gasteiger partial charge in [-0.1, -0.05) is 28.6 Å². The van der Waals surface area contributed by atoms with Crippen LogP contribution >= 0.6 is 27.3 Å². The van der Waals surface area contributed by atoms with Crippen molar-refractivity contribution in [1.29, 1.82) is 0 Å². The van der Waals surface area contributed by atoms with Crippen molar-refractivity contribution in [3.63, 3.8) is 0 Å². The Morgan fingerprint density at radius 2 is 1.95 bits per heavy atom. The van der Waals surface area contributed by atoms with E-state index in [0.717, 1.165) is 14.7 Å². The topological polar surface area (TPSA) is 57.7 Å². The maximum absolute atomic E-state index is 12.0. The summed E-state index contributed by atoms with van der Waals surface area (Å²) in [7, 11) is 0. The molecule has 19 heavy (non-hydrogen) atoms. The third-order valence-electron chi connectivity index (χ3n) is 2.63. The maximum Gasteiger partial charge on any atom is 0.334 e. The van der Waals surface area contributed by atoms with Crippen LogP contribution in [0.4, 0.5) is 4.79 Å². The van der Waals surface area contributed by atoms with Crippen molar-refractivity contribution in [2.75, 3.05) is 13.1 Å². The van der Waals surface area contributed by atoms with Crippen molar-refractivity contribution < 1.29 is 14.4 Å².